The van der Waals surface area contributed by atoms with E-state index in [0.29, 0.717) is 11.7 Å². The number of halogens is 1. The second-order valence-corrected chi connectivity index (χ2v) is 3.75. The lowest BCUT2D eigenvalue weighted by Crippen LogP contribution is -2.02. The normalized spacial score (nSPS) is 10.9. The summed E-state index contributed by atoms with van der Waals surface area (Å²) in [5, 5.41) is 1.76. The van der Waals surface area contributed by atoms with Gasteiger partial charge in [-0.05, 0) is 36.7 Å². The van der Waals surface area contributed by atoms with E-state index in [0.717, 1.165) is 28.6 Å². The molecule has 0 unspecified atom stereocenters. The van der Waals surface area contributed by atoms with Gasteiger partial charge in [0, 0.05) is 10.9 Å². The number of H-pyrrole nitrogens is 1. The minimum atomic E-state index is 0.587. The molecular weight excluding hydrogens is 212 g/mol. The molecule has 0 aliphatic heterocycles. The second kappa shape index (κ2) is 4.13. The quantitative estimate of drug-likeness (QED) is 0.841. The van der Waals surface area contributed by atoms with Crippen LogP contribution >= 0.6 is 11.6 Å². The fourth-order valence-electron chi connectivity index (χ4n) is 1.71. The first-order valence-electron chi connectivity index (χ1n) is 4.80. The molecular formula is C11H13ClN2O. The van der Waals surface area contributed by atoms with Crippen LogP contribution in [0.4, 0.5) is 0 Å². The molecule has 2 rings (SSSR count). The number of nitrogens with one attached hydrogen (secondary N) is 1. The van der Waals surface area contributed by atoms with Crippen molar-refractivity contribution in [2.24, 2.45) is 5.73 Å². The van der Waals surface area contributed by atoms with Gasteiger partial charge >= 0.3 is 0 Å². The van der Waals surface area contributed by atoms with Crippen molar-refractivity contribution in [1.82, 2.24) is 4.98 Å². The number of rotatable bonds is 3. The number of ether oxygens (including phenoxy) is 1. The van der Waals surface area contributed by atoms with Gasteiger partial charge in [-0.25, -0.2) is 0 Å². The summed E-state index contributed by atoms with van der Waals surface area (Å²) in [6.07, 6.45) is 0.770. The minimum absolute atomic E-state index is 0.587. The summed E-state index contributed by atoms with van der Waals surface area (Å²) in [6, 6.07) is 5.84. The van der Waals surface area contributed by atoms with Gasteiger partial charge in [0.1, 0.15) is 10.9 Å². The lowest BCUT2D eigenvalue weighted by Gasteiger charge is -2.00. The zero-order valence-electron chi connectivity index (χ0n) is 8.51. The van der Waals surface area contributed by atoms with Crippen LogP contribution in [-0.4, -0.2) is 18.6 Å². The molecule has 3 N–H and O–H groups in total. The van der Waals surface area contributed by atoms with Crippen molar-refractivity contribution >= 4 is 22.5 Å². The minimum Gasteiger partial charge on any atom is -0.497 e. The number of benzene rings is 1. The maximum Gasteiger partial charge on any atom is 0.119 e. The molecule has 0 radical (unpaired) electrons. The first-order valence-corrected chi connectivity index (χ1v) is 5.18. The molecule has 1 aromatic carbocycles. The van der Waals surface area contributed by atoms with E-state index >= 15 is 0 Å². The van der Waals surface area contributed by atoms with Crippen molar-refractivity contribution in [2.45, 2.75) is 6.42 Å². The van der Waals surface area contributed by atoms with Crippen LogP contribution in [0.25, 0.3) is 10.9 Å². The molecule has 15 heavy (non-hydrogen) atoms. The van der Waals surface area contributed by atoms with Gasteiger partial charge in [-0.15, -0.1) is 0 Å². The third-order valence-corrected chi connectivity index (χ3v) is 2.78. The Morgan fingerprint density at radius 1 is 1.47 bits per heavy atom. The Morgan fingerprint density at radius 2 is 2.27 bits per heavy atom. The number of aromatic amines is 1. The highest BCUT2D eigenvalue weighted by Gasteiger charge is 2.09. The van der Waals surface area contributed by atoms with E-state index < -0.39 is 0 Å². The van der Waals surface area contributed by atoms with Gasteiger partial charge in [0.25, 0.3) is 0 Å². The average Bonchev–Trinajstić information content (AvgIpc) is 2.55. The van der Waals surface area contributed by atoms with Gasteiger partial charge in [0.15, 0.2) is 0 Å². The first-order chi connectivity index (χ1) is 7.26. The maximum absolute atomic E-state index is 6.09. The van der Waals surface area contributed by atoms with E-state index in [2.05, 4.69) is 4.98 Å². The molecule has 0 aliphatic carbocycles. The van der Waals surface area contributed by atoms with E-state index in [1.165, 1.54) is 0 Å². The van der Waals surface area contributed by atoms with E-state index in [1.807, 2.05) is 18.2 Å². The maximum atomic E-state index is 6.09. The first kappa shape index (κ1) is 10.3. The summed E-state index contributed by atoms with van der Waals surface area (Å²) in [6.45, 7) is 0.587. The largest absolute Gasteiger partial charge is 0.497 e. The smallest absolute Gasteiger partial charge is 0.119 e. The van der Waals surface area contributed by atoms with Gasteiger partial charge < -0.3 is 15.5 Å². The lowest BCUT2D eigenvalue weighted by molar-refractivity contribution is 0.415. The summed E-state index contributed by atoms with van der Waals surface area (Å²) < 4.78 is 5.18. The molecule has 80 valence electrons. The molecule has 1 heterocycles. The van der Waals surface area contributed by atoms with Crippen LogP contribution in [-0.2, 0) is 6.42 Å². The van der Waals surface area contributed by atoms with E-state index in [9.17, 15) is 0 Å². The third-order valence-electron chi connectivity index (χ3n) is 2.46. The number of hydrogen-bond donors (Lipinski definition) is 2. The van der Waals surface area contributed by atoms with Crippen LogP contribution < -0.4 is 10.5 Å². The van der Waals surface area contributed by atoms with E-state index in [-0.39, 0.29) is 0 Å². The van der Waals surface area contributed by atoms with Crippen molar-refractivity contribution in [3.8, 4) is 5.75 Å². The Balaban J connectivity index is 2.61. The molecule has 2 aromatic rings. The Morgan fingerprint density at radius 3 is 2.93 bits per heavy atom. The van der Waals surface area contributed by atoms with Crippen molar-refractivity contribution in [3.05, 3.63) is 28.9 Å². The molecule has 3 nitrogen and oxygen atoms in total. The van der Waals surface area contributed by atoms with Crippen molar-refractivity contribution in [1.29, 1.82) is 0 Å². The summed E-state index contributed by atoms with van der Waals surface area (Å²) in [7, 11) is 1.65. The van der Waals surface area contributed by atoms with Crippen LogP contribution in [0.5, 0.6) is 5.75 Å². The predicted molar refractivity (Wildman–Crippen MR) is 62.6 cm³/mol. The highest BCUT2D eigenvalue weighted by Crippen LogP contribution is 2.29. The van der Waals surface area contributed by atoms with Crippen LogP contribution in [0.3, 0.4) is 0 Å². The van der Waals surface area contributed by atoms with Gasteiger partial charge in [-0.1, -0.05) is 11.6 Å². The molecule has 0 saturated heterocycles. The molecule has 0 bridgehead atoms. The summed E-state index contributed by atoms with van der Waals surface area (Å²) in [5.41, 5.74) is 7.63. The average molecular weight is 225 g/mol. The summed E-state index contributed by atoms with van der Waals surface area (Å²) in [5.74, 6) is 0.830. The fourth-order valence-corrected chi connectivity index (χ4v) is 2.01. The fraction of sp³-hybridized carbons (Fsp3) is 0.273. The second-order valence-electron chi connectivity index (χ2n) is 3.37. The number of aromatic nitrogens is 1. The molecule has 0 aliphatic rings. The third kappa shape index (κ3) is 1.80. The Kier molecular flexibility index (Phi) is 2.84. The van der Waals surface area contributed by atoms with Crippen LogP contribution in [0, 0.1) is 0 Å². The Labute approximate surface area is 93.2 Å². The number of fused-ring (bicyclic) bond motifs is 1. The number of methoxy groups -OCH3 is 1. The summed E-state index contributed by atoms with van der Waals surface area (Å²) in [4.78, 5) is 3.12. The van der Waals surface area contributed by atoms with Gasteiger partial charge in [0.05, 0.1) is 7.11 Å². The molecule has 4 heteroatoms. The SMILES string of the molecule is COc1ccc2[nH]c(Cl)c(CCN)c2c1. The highest BCUT2D eigenvalue weighted by atomic mass is 35.5. The van der Waals surface area contributed by atoms with Gasteiger partial charge in [0.2, 0.25) is 0 Å². The molecule has 0 fully saturated rings. The van der Waals surface area contributed by atoms with Crippen LogP contribution in [0.1, 0.15) is 5.56 Å². The van der Waals surface area contributed by atoms with Crippen LogP contribution in [0.2, 0.25) is 5.15 Å². The highest BCUT2D eigenvalue weighted by molar-refractivity contribution is 6.31. The molecule has 0 spiro atoms. The predicted octanol–water partition coefficient (Wildman–Crippen LogP) is 2.33. The monoisotopic (exact) mass is 224 g/mol. The summed E-state index contributed by atoms with van der Waals surface area (Å²) >= 11 is 6.09. The van der Waals surface area contributed by atoms with Gasteiger partial charge in [-0.3, -0.25) is 0 Å². The zero-order valence-corrected chi connectivity index (χ0v) is 9.27. The lowest BCUT2D eigenvalue weighted by atomic mass is 10.1. The Bertz CT molecular complexity index is 479. The molecule has 0 saturated carbocycles. The van der Waals surface area contributed by atoms with E-state index in [4.69, 9.17) is 22.1 Å². The van der Waals surface area contributed by atoms with Crippen molar-refractivity contribution < 1.29 is 4.74 Å². The zero-order chi connectivity index (χ0) is 10.8. The van der Waals surface area contributed by atoms with Gasteiger partial charge in [-0.2, -0.15) is 0 Å². The molecule has 0 atom stereocenters. The van der Waals surface area contributed by atoms with Crippen LogP contribution in [0.15, 0.2) is 18.2 Å². The van der Waals surface area contributed by atoms with Crippen molar-refractivity contribution in [3.63, 3.8) is 0 Å². The Hall–Kier alpha value is -1.19. The molecule has 1 aromatic heterocycles. The topological polar surface area (TPSA) is 51.0 Å². The standard InChI is InChI=1S/C11H13ClN2O/c1-15-7-2-3-10-9(6-7)8(4-5-13)11(12)14-10/h2-3,6,14H,4-5,13H2,1H3. The number of hydrogen-bond acceptors (Lipinski definition) is 2. The van der Waals surface area contributed by atoms with Crippen molar-refractivity contribution in [2.75, 3.05) is 13.7 Å². The number of nitrogens with two attached hydrogens (primary N) is 1. The van der Waals surface area contributed by atoms with E-state index in [1.54, 1.807) is 7.11 Å². The molecule has 0 amide bonds.